The molecule has 2 aromatic rings. The summed E-state index contributed by atoms with van der Waals surface area (Å²) in [6, 6.07) is 14.0. The minimum absolute atomic E-state index is 0.0271. The highest BCUT2D eigenvalue weighted by Gasteiger charge is 2.07. The van der Waals surface area contributed by atoms with Crippen molar-refractivity contribution in [1.29, 1.82) is 0 Å². The number of benzene rings is 2. The van der Waals surface area contributed by atoms with Crippen LogP contribution in [0.25, 0.3) is 0 Å². The molecule has 0 fully saturated rings. The van der Waals surface area contributed by atoms with Crippen LogP contribution in [0.15, 0.2) is 48.5 Å². The van der Waals surface area contributed by atoms with Crippen LogP contribution in [0.1, 0.15) is 49.4 Å². The maximum atomic E-state index is 12.3. The molecule has 0 aliphatic heterocycles. The van der Waals surface area contributed by atoms with Crippen LogP contribution in [-0.2, 0) is 14.3 Å². The molecule has 0 heterocycles. The van der Waals surface area contributed by atoms with Gasteiger partial charge >= 0.3 is 0 Å². The van der Waals surface area contributed by atoms with E-state index in [1.54, 1.807) is 55.6 Å². The van der Waals surface area contributed by atoms with Crippen molar-refractivity contribution in [2.24, 2.45) is 0 Å². The van der Waals surface area contributed by atoms with E-state index in [4.69, 9.17) is 4.74 Å². The zero-order valence-electron chi connectivity index (χ0n) is 19.4. The fraction of sp³-hybridized carbons (Fsp3) is 0.400. The topological polar surface area (TPSA) is 109 Å². The van der Waals surface area contributed by atoms with Crippen LogP contribution in [-0.4, -0.2) is 44.5 Å². The zero-order chi connectivity index (χ0) is 23.9. The van der Waals surface area contributed by atoms with Crippen molar-refractivity contribution in [2.45, 2.75) is 39.0 Å². The van der Waals surface area contributed by atoms with Crippen LogP contribution in [0.3, 0.4) is 0 Å². The third-order valence-electron chi connectivity index (χ3n) is 4.85. The lowest BCUT2D eigenvalue weighted by Gasteiger charge is -2.10. The number of hydrogen-bond donors (Lipinski definition) is 4. The largest absolute Gasteiger partial charge is 0.385 e. The van der Waals surface area contributed by atoms with Gasteiger partial charge in [-0.05, 0) is 55.3 Å². The SMILES string of the molecule is CCCCCC(=O)Nc1cccc(NC(=O)CNc2ccc(C(=O)NCCCOC)cc2)c1. The summed E-state index contributed by atoms with van der Waals surface area (Å²) >= 11 is 0. The molecule has 0 saturated carbocycles. The lowest BCUT2D eigenvalue weighted by molar-refractivity contribution is -0.116. The Balaban J connectivity index is 1.77. The van der Waals surface area contributed by atoms with Crippen molar-refractivity contribution in [1.82, 2.24) is 5.32 Å². The van der Waals surface area contributed by atoms with Gasteiger partial charge < -0.3 is 26.0 Å². The molecule has 3 amide bonds. The Hall–Kier alpha value is -3.39. The van der Waals surface area contributed by atoms with Crippen LogP contribution < -0.4 is 21.3 Å². The molecule has 2 aromatic carbocycles. The first-order valence-corrected chi connectivity index (χ1v) is 11.3. The molecule has 0 bridgehead atoms. The van der Waals surface area contributed by atoms with Crippen molar-refractivity contribution >= 4 is 34.8 Å². The predicted molar refractivity (Wildman–Crippen MR) is 132 cm³/mol. The van der Waals surface area contributed by atoms with Gasteiger partial charge in [0.15, 0.2) is 0 Å². The Kier molecular flexibility index (Phi) is 11.5. The van der Waals surface area contributed by atoms with Crippen LogP contribution in [0, 0.1) is 0 Å². The third-order valence-corrected chi connectivity index (χ3v) is 4.85. The number of nitrogens with one attached hydrogen (secondary N) is 4. The van der Waals surface area contributed by atoms with Gasteiger partial charge in [-0.3, -0.25) is 14.4 Å². The summed E-state index contributed by atoms with van der Waals surface area (Å²) in [7, 11) is 1.63. The maximum Gasteiger partial charge on any atom is 0.251 e. The van der Waals surface area contributed by atoms with Gasteiger partial charge in [0.2, 0.25) is 11.8 Å². The first-order chi connectivity index (χ1) is 16.0. The highest BCUT2D eigenvalue weighted by atomic mass is 16.5. The smallest absolute Gasteiger partial charge is 0.251 e. The van der Waals surface area contributed by atoms with Crippen molar-refractivity contribution in [3.05, 3.63) is 54.1 Å². The second kappa shape index (κ2) is 14.6. The molecular formula is C25H34N4O4. The predicted octanol–water partition coefficient (Wildman–Crippen LogP) is 4.02. The highest BCUT2D eigenvalue weighted by molar-refractivity contribution is 5.96. The van der Waals surface area contributed by atoms with Crippen molar-refractivity contribution in [2.75, 3.05) is 42.8 Å². The molecule has 0 radical (unpaired) electrons. The summed E-state index contributed by atoms with van der Waals surface area (Å²) in [5.41, 5.74) is 2.54. The van der Waals surface area contributed by atoms with Gasteiger partial charge in [-0.25, -0.2) is 0 Å². The van der Waals surface area contributed by atoms with E-state index in [2.05, 4.69) is 28.2 Å². The molecular weight excluding hydrogens is 420 g/mol. The van der Waals surface area contributed by atoms with Gasteiger partial charge in [0.1, 0.15) is 0 Å². The number of unbranched alkanes of at least 4 members (excludes halogenated alkanes) is 2. The Morgan fingerprint density at radius 2 is 1.55 bits per heavy atom. The van der Waals surface area contributed by atoms with E-state index in [-0.39, 0.29) is 24.3 Å². The first kappa shape index (κ1) is 25.9. The lowest BCUT2D eigenvalue weighted by Crippen LogP contribution is -2.25. The average molecular weight is 455 g/mol. The highest BCUT2D eigenvalue weighted by Crippen LogP contribution is 2.16. The van der Waals surface area contributed by atoms with Crippen LogP contribution in [0.5, 0.6) is 0 Å². The number of anilines is 3. The van der Waals surface area contributed by atoms with E-state index in [0.29, 0.717) is 36.5 Å². The van der Waals surface area contributed by atoms with Gasteiger partial charge in [-0.15, -0.1) is 0 Å². The Bertz CT molecular complexity index is 900. The number of hydrogen-bond acceptors (Lipinski definition) is 5. The van der Waals surface area contributed by atoms with Gasteiger partial charge in [0, 0.05) is 49.3 Å². The molecule has 0 atom stereocenters. The number of amides is 3. The maximum absolute atomic E-state index is 12.3. The van der Waals surface area contributed by atoms with Gasteiger partial charge in [0.05, 0.1) is 6.54 Å². The molecule has 0 aromatic heterocycles. The molecule has 4 N–H and O–H groups in total. The summed E-state index contributed by atoms with van der Waals surface area (Å²) < 4.78 is 4.96. The summed E-state index contributed by atoms with van der Waals surface area (Å²) in [6.07, 6.45) is 4.21. The van der Waals surface area contributed by atoms with E-state index < -0.39 is 0 Å². The molecule has 0 unspecified atom stereocenters. The lowest BCUT2D eigenvalue weighted by atomic mass is 10.2. The third kappa shape index (κ3) is 10.2. The normalized spacial score (nSPS) is 10.4. The van der Waals surface area contributed by atoms with Crippen molar-refractivity contribution in [3.8, 4) is 0 Å². The zero-order valence-corrected chi connectivity index (χ0v) is 19.4. The summed E-state index contributed by atoms with van der Waals surface area (Å²) in [5, 5.41) is 11.5. The van der Waals surface area contributed by atoms with E-state index in [1.807, 2.05) is 0 Å². The van der Waals surface area contributed by atoms with Crippen molar-refractivity contribution < 1.29 is 19.1 Å². The first-order valence-electron chi connectivity index (χ1n) is 11.3. The molecule has 2 rings (SSSR count). The summed E-state index contributed by atoms with van der Waals surface area (Å²) in [6.45, 7) is 3.31. The Morgan fingerprint density at radius 3 is 2.21 bits per heavy atom. The second-order valence-corrected chi connectivity index (χ2v) is 7.67. The molecule has 0 saturated heterocycles. The van der Waals surface area contributed by atoms with Gasteiger partial charge in [-0.2, -0.15) is 0 Å². The summed E-state index contributed by atoms with van der Waals surface area (Å²) in [5.74, 6) is -0.394. The number of rotatable bonds is 14. The van der Waals surface area contributed by atoms with Gasteiger partial charge in [-0.1, -0.05) is 25.8 Å². The molecule has 8 heteroatoms. The molecule has 33 heavy (non-hydrogen) atoms. The average Bonchev–Trinajstić information content (AvgIpc) is 2.81. The summed E-state index contributed by atoms with van der Waals surface area (Å²) in [4.78, 5) is 36.4. The minimum atomic E-state index is -0.221. The molecule has 0 spiro atoms. The quantitative estimate of drug-likeness (QED) is 0.323. The number of methoxy groups -OCH3 is 1. The molecule has 0 aliphatic carbocycles. The molecule has 178 valence electrons. The standard InChI is InChI=1S/C25H34N4O4/c1-3-4-5-10-23(30)28-21-8-6-9-22(17-21)29-24(31)18-27-20-13-11-19(12-14-20)25(32)26-15-7-16-33-2/h6,8-9,11-14,17,27H,3-5,7,10,15-16,18H2,1-2H3,(H,26,32)(H,28,30)(H,29,31). The van der Waals surface area contributed by atoms with Crippen LogP contribution in [0.2, 0.25) is 0 Å². The minimum Gasteiger partial charge on any atom is -0.385 e. The van der Waals surface area contributed by atoms with Crippen LogP contribution in [0.4, 0.5) is 17.1 Å². The number of carbonyl (C=O) groups excluding carboxylic acids is 3. The van der Waals surface area contributed by atoms with Gasteiger partial charge in [0.25, 0.3) is 5.91 Å². The Morgan fingerprint density at radius 1 is 0.848 bits per heavy atom. The fourth-order valence-electron chi connectivity index (χ4n) is 3.08. The van der Waals surface area contributed by atoms with E-state index in [0.717, 1.165) is 31.4 Å². The van der Waals surface area contributed by atoms with E-state index in [1.165, 1.54) is 0 Å². The second-order valence-electron chi connectivity index (χ2n) is 7.67. The van der Waals surface area contributed by atoms with Crippen molar-refractivity contribution in [3.63, 3.8) is 0 Å². The molecule has 0 aliphatic rings. The molecule has 8 nitrogen and oxygen atoms in total. The van der Waals surface area contributed by atoms with E-state index in [9.17, 15) is 14.4 Å². The Labute approximate surface area is 195 Å². The van der Waals surface area contributed by atoms with Crippen LogP contribution >= 0.6 is 0 Å². The van der Waals surface area contributed by atoms with E-state index >= 15 is 0 Å². The monoisotopic (exact) mass is 454 g/mol. The fourth-order valence-corrected chi connectivity index (χ4v) is 3.08. The number of ether oxygens (including phenoxy) is 1. The number of carbonyl (C=O) groups is 3.